The fourth-order valence-corrected chi connectivity index (χ4v) is 2.50. The fraction of sp³-hybridized carbons (Fsp3) is 0.455. The predicted octanol–water partition coefficient (Wildman–Crippen LogP) is 3.44. The molecule has 0 unspecified atom stereocenters. The molecule has 1 aliphatic rings. The molecule has 0 saturated heterocycles. The maximum absolute atomic E-state index is 6.11. The van der Waals surface area contributed by atoms with Crippen molar-refractivity contribution in [2.24, 2.45) is 11.7 Å². The van der Waals surface area contributed by atoms with Crippen LogP contribution in [0.25, 0.3) is 0 Å². The first-order valence-corrected chi connectivity index (χ1v) is 5.55. The third-order valence-corrected chi connectivity index (χ3v) is 3.44. The van der Waals surface area contributed by atoms with Gasteiger partial charge in [-0.3, -0.25) is 0 Å². The first kappa shape index (κ1) is 10.3. The number of hydrogen-bond donors (Lipinski definition) is 1. The van der Waals surface area contributed by atoms with Gasteiger partial charge in [0, 0.05) is 16.1 Å². The van der Waals surface area contributed by atoms with Gasteiger partial charge in [0.1, 0.15) is 0 Å². The lowest BCUT2D eigenvalue weighted by Gasteiger charge is -2.06. The first-order chi connectivity index (χ1) is 6.59. The van der Waals surface area contributed by atoms with Crippen molar-refractivity contribution in [2.75, 3.05) is 0 Å². The lowest BCUT2D eigenvalue weighted by molar-refractivity contribution is 0.632. The molecule has 1 nitrogen and oxygen atoms in total. The average molecular weight is 230 g/mol. The van der Waals surface area contributed by atoms with E-state index in [9.17, 15) is 0 Å². The molecular formula is C11H13Cl2N. The Kier molecular flexibility index (Phi) is 2.74. The van der Waals surface area contributed by atoms with Gasteiger partial charge >= 0.3 is 0 Å². The third kappa shape index (κ3) is 1.90. The monoisotopic (exact) mass is 229 g/mol. The van der Waals surface area contributed by atoms with Crippen LogP contribution in [0.2, 0.25) is 10.0 Å². The summed E-state index contributed by atoms with van der Waals surface area (Å²) >= 11 is 11.9. The van der Waals surface area contributed by atoms with Crippen molar-refractivity contribution in [3.8, 4) is 0 Å². The molecule has 2 rings (SSSR count). The molecule has 76 valence electrons. The highest BCUT2D eigenvalue weighted by Crippen LogP contribution is 2.51. The van der Waals surface area contributed by atoms with Crippen LogP contribution in [-0.2, 0) is 0 Å². The van der Waals surface area contributed by atoms with E-state index in [4.69, 9.17) is 28.9 Å². The van der Waals surface area contributed by atoms with Crippen molar-refractivity contribution in [1.82, 2.24) is 0 Å². The fourth-order valence-electron chi connectivity index (χ4n) is 1.96. The smallest absolute Gasteiger partial charge is 0.0455 e. The zero-order valence-electron chi connectivity index (χ0n) is 8.00. The van der Waals surface area contributed by atoms with Gasteiger partial charge < -0.3 is 5.73 Å². The Morgan fingerprint density at radius 2 is 2.14 bits per heavy atom. The Bertz CT molecular complexity index is 349. The van der Waals surface area contributed by atoms with Crippen molar-refractivity contribution in [3.63, 3.8) is 0 Å². The van der Waals surface area contributed by atoms with Crippen molar-refractivity contribution in [3.05, 3.63) is 33.8 Å². The van der Waals surface area contributed by atoms with E-state index in [1.165, 1.54) is 5.56 Å². The van der Waals surface area contributed by atoms with Gasteiger partial charge in [0.25, 0.3) is 0 Å². The van der Waals surface area contributed by atoms with Gasteiger partial charge in [0.05, 0.1) is 0 Å². The number of halogens is 2. The van der Waals surface area contributed by atoms with Gasteiger partial charge in [-0.05, 0) is 42.9 Å². The minimum atomic E-state index is 0.256. The second-order valence-corrected chi connectivity index (χ2v) is 4.87. The largest absolute Gasteiger partial charge is 0.328 e. The molecular weight excluding hydrogens is 217 g/mol. The van der Waals surface area contributed by atoms with Crippen molar-refractivity contribution in [2.45, 2.75) is 25.3 Å². The van der Waals surface area contributed by atoms with E-state index in [1.807, 2.05) is 12.1 Å². The van der Waals surface area contributed by atoms with Crippen LogP contribution in [0.1, 0.15) is 24.8 Å². The van der Waals surface area contributed by atoms with E-state index >= 15 is 0 Å². The predicted molar refractivity (Wildman–Crippen MR) is 61.0 cm³/mol. The maximum Gasteiger partial charge on any atom is 0.0455 e. The molecule has 0 spiro atoms. The van der Waals surface area contributed by atoms with Crippen LogP contribution in [0.3, 0.4) is 0 Å². The molecule has 0 heterocycles. The Morgan fingerprint density at radius 1 is 1.43 bits per heavy atom. The molecule has 3 atom stereocenters. The SMILES string of the molecule is C[C@H](N)[C@@H]1C[C@@H]1c1ccc(Cl)cc1Cl. The van der Waals surface area contributed by atoms with Crippen molar-refractivity contribution < 1.29 is 0 Å². The van der Waals surface area contributed by atoms with E-state index in [0.717, 1.165) is 11.4 Å². The van der Waals surface area contributed by atoms with Crippen LogP contribution in [0.4, 0.5) is 0 Å². The van der Waals surface area contributed by atoms with Crippen LogP contribution in [-0.4, -0.2) is 6.04 Å². The second kappa shape index (κ2) is 3.73. The highest BCUT2D eigenvalue weighted by molar-refractivity contribution is 6.35. The summed E-state index contributed by atoms with van der Waals surface area (Å²) in [7, 11) is 0. The highest BCUT2D eigenvalue weighted by Gasteiger charge is 2.41. The minimum absolute atomic E-state index is 0.256. The van der Waals surface area contributed by atoms with Gasteiger partial charge in [-0.15, -0.1) is 0 Å². The molecule has 3 heteroatoms. The molecule has 1 aliphatic carbocycles. The lowest BCUT2D eigenvalue weighted by atomic mass is 10.1. The number of hydrogen-bond acceptors (Lipinski definition) is 1. The lowest BCUT2D eigenvalue weighted by Crippen LogP contribution is -2.17. The van der Waals surface area contributed by atoms with E-state index in [2.05, 4.69) is 6.92 Å². The van der Waals surface area contributed by atoms with Gasteiger partial charge in [-0.2, -0.15) is 0 Å². The zero-order chi connectivity index (χ0) is 10.3. The van der Waals surface area contributed by atoms with Gasteiger partial charge in [-0.25, -0.2) is 0 Å². The highest BCUT2D eigenvalue weighted by atomic mass is 35.5. The van der Waals surface area contributed by atoms with E-state index in [1.54, 1.807) is 6.07 Å². The van der Waals surface area contributed by atoms with Crippen LogP contribution in [0.15, 0.2) is 18.2 Å². The van der Waals surface area contributed by atoms with Crippen LogP contribution in [0, 0.1) is 5.92 Å². The Balaban J connectivity index is 2.19. The van der Waals surface area contributed by atoms with Crippen molar-refractivity contribution >= 4 is 23.2 Å². The molecule has 2 N–H and O–H groups in total. The van der Waals surface area contributed by atoms with E-state index in [-0.39, 0.29) is 6.04 Å². The number of benzene rings is 1. The molecule has 0 aliphatic heterocycles. The second-order valence-electron chi connectivity index (χ2n) is 4.03. The quantitative estimate of drug-likeness (QED) is 0.827. The first-order valence-electron chi connectivity index (χ1n) is 4.80. The maximum atomic E-state index is 6.11. The summed E-state index contributed by atoms with van der Waals surface area (Å²) in [6.45, 7) is 2.05. The summed E-state index contributed by atoms with van der Waals surface area (Å²) in [6, 6.07) is 5.96. The molecule has 0 bridgehead atoms. The molecule has 1 fully saturated rings. The summed E-state index contributed by atoms with van der Waals surface area (Å²) in [6.07, 6.45) is 1.15. The molecule has 14 heavy (non-hydrogen) atoms. The summed E-state index contributed by atoms with van der Waals surface area (Å²) in [5, 5.41) is 1.46. The molecule has 1 saturated carbocycles. The van der Waals surface area contributed by atoms with E-state index in [0.29, 0.717) is 16.9 Å². The molecule has 0 aromatic heterocycles. The van der Waals surface area contributed by atoms with E-state index < -0.39 is 0 Å². The van der Waals surface area contributed by atoms with Crippen molar-refractivity contribution in [1.29, 1.82) is 0 Å². The summed E-state index contributed by atoms with van der Waals surface area (Å²) in [5.74, 6) is 1.13. The van der Waals surface area contributed by atoms with Gasteiger partial charge in [0.15, 0.2) is 0 Å². The molecule has 0 amide bonds. The van der Waals surface area contributed by atoms with Gasteiger partial charge in [0.2, 0.25) is 0 Å². The van der Waals surface area contributed by atoms with Crippen LogP contribution in [0.5, 0.6) is 0 Å². The number of rotatable bonds is 2. The normalized spacial score (nSPS) is 27.4. The van der Waals surface area contributed by atoms with Crippen LogP contribution < -0.4 is 5.73 Å². The Hall–Kier alpha value is -0.240. The van der Waals surface area contributed by atoms with Crippen LogP contribution >= 0.6 is 23.2 Å². The third-order valence-electron chi connectivity index (χ3n) is 2.88. The average Bonchev–Trinajstić information content (AvgIpc) is 2.83. The Labute approximate surface area is 94.2 Å². The number of nitrogens with two attached hydrogens (primary N) is 1. The summed E-state index contributed by atoms with van der Waals surface area (Å²) in [4.78, 5) is 0. The molecule has 1 aromatic rings. The minimum Gasteiger partial charge on any atom is -0.328 e. The Morgan fingerprint density at radius 3 is 2.64 bits per heavy atom. The topological polar surface area (TPSA) is 26.0 Å². The summed E-state index contributed by atoms with van der Waals surface area (Å²) < 4.78 is 0. The molecule has 0 radical (unpaired) electrons. The zero-order valence-corrected chi connectivity index (χ0v) is 9.52. The molecule has 1 aromatic carbocycles. The summed E-state index contributed by atoms with van der Waals surface area (Å²) in [5.41, 5.74) is 7.03. The van der Waals surface area contributed by atoms with Gasteiger partial charge in [-0.1, -0.05) is 29.3 Å². The standard InChI is InChI=1S/C11H13Cl2N/c1-6(14)9-5-10(9)8-3-2-7(12)4-11(8)13/h2-4,6,9-10H,5,14H2,1H3/t6-,9-,10+/m0/s1.